The van der Waals surface area contributed by atoms with Gasteiger partial charge in [0, 0.05) is 28.4 Å². The van der Waals surface area contributed by atoms with Crippen molar-refractivity contribution in [1.29, 1.82) is 0 Å². The number of carbonyl (C=O) groups is 2. The van der Waals surface area contributed by atoms with Crippen molar-refractivity contribution >= 4 is 34.3 Å². The van der Waals surface area contributed by atoms with Gasteiger partial charge in [-0.25, -0.2) is 9.78 Å². The van der Waals surface area contributed by atoms with Gasteiger partial charge in [0.2, 0.25) is 0 Å². The van der Waals surface area contributed by atoms with E-state index in [1.807, 2.05) is 33.8 Å². The molecule has 3 heterocycles. The molecule has 8 heteroatoms. The molecule has 0 spiro atoms. The minimum Gasteiger partial charge on any atom is -0.452 e. The highest BCUT2D eigenvalue weighted by Gasteiger charge is 2.22. The molecule has 0 saturated carbocycles. The summed E-state index contributed by atoms with van der Waals surface area (Å²) in [6, 6.07) is 3.71. The molecule has 0 aliphatic heterocycles. The van der Waals surface area contributed by atoms with Crippen molar-refractivity contribution in [3.63, 3.8) is 0 Å². The van der Waals surface area contributed by atoms with Crippen LogP contribution in [0.3, 0.4) is 0 Å². The van der Waals surface area contributed by atoms with Gasteiger partial charge in [0.05, 0.1) is 22.3 Å². The van der Waals surface area contributed by atoms with Crippen LogP contribution in [0.1, 0.15) is 39.7 Å². The Morgan fingerprint density at radius 1 is 1.18 bits per heavy atom. The summed E-state index contributed by atoms with van der Waals surface area (Å²) < 4.78 is 10.6. The van der Waals surface area contributed by atoms with E-state index >= 15 is 0 Å². The molecule has 3 aromatic heterocycles. The van der Waals surface area contributed by atoms with Gasteiger partial charge < -0.3 is 14.2 Å². The summed E-state index contributed by atoms with van der Waals surface area (Å²) in [4.78, 5) is 33.3. The van der Waals surface area contributed by atoms with Crippen molar-refractivity contribution in [3.8, 4) is 11.3 Å². The third-order valence-corrected chi connectivity index (χ3v) is 5.56. The van der Waals surface area contributed by atoms with Gasteiger partial charge in [-0.1, -0.05) is 5.16 Å². The number of likely N-dealkylation sites (N-methyl/N-ethyl adjacent to an activating group) is 1. The standard InChI is InChI=1S/C20H23N3O4S/c1-6-23(7-2)17(24)10-26-20(25)15-9-16(14-8-11(3)28-13(14)5)21-19-18(15)12(4)22-27-19/h8-9H,6-7,10H2,1-5H3. The normalized spacial score (nSPS) is 11.0. The molecule has 0 radical (unpaired) electrons. The van der Waals surface area contributed by atoms with E-state index in [9.17, 15) is 9.59 Å². The first kappa shape index (κ1) is 20.0. The van der Waals surface area contributed by atoms with Crippen LogP contribution in [0.25, 0.3) is 22.4 Å². The van der Waals surface area contributed by atoms with Crippen molar-refractivity contribution in [3.05, 3.63) is 33.1 Å². The smallest absolute Gasteiger partial charge is 0.339 e. The second-order valence-electron chi connectivity index (χ2n) is 6.47. The van der Waals surface area contributed by atoms with E-state index in [2.05, 4.69) is 10.1 Å². The number of aromatic nitrogens is 2. The molecular formula is C20H23N3O4S. The lowest BCUT2D eigenvalue weighted by Gasteiger charge is -2.18. The second kappa shape index (κ2) is 8.10. The number of esters is 1. The number of hydrogen-bond acceptors (Lipinski definition) is 7. The van der Waals surface area contributed by atoms with Gasteiger partial charge in [-0.3, -0.25) is 4.79 Å². The molecule has 3 aromatic rings. The summed E-state index contributed by atoms with van der Waals surface area (Å²) in [6.45, 7) is 10.4. The predicted octanol–water partition coefficient (Wildman–Crippen LogP) is 3.90. The van der Waals surface area contributed by atoms with Gasteiger partial charge in [0.25, 0.3) is 11.6 Å². The van der Waals surface area contributed by atoms with E-state index < -0.39 is 5.97 Å². The average Bonchev–Trinajstić information content (AvgIpc) is 3.21. The van der Waals surface area contributed by atoms with Gasteiger partial charge in [-0.05, 0) is 46.8 Å². The van der Waals surface area contributed by atoms with Crippen LogP contribution in [0.5, 0.6) is 0 Å². The lowest BCUT2D eigenvalue weighted by molar-refractivity contribution is -0.134. The monoisotopic (exact) mass is 401 g/mol. The van der Waals surface area contributed by atoms with Crippen LogP contribution in [-0.2, 0) is 9.53 Å². The summed E-state index contributed by atoms with van der Waals surface area (Å²) in [5.74, 6) is -0.819. The fraction of sp³-hybridized carbons (Fsp3) is 0.400. The van der Waals surface area contributed by atoms with E-state index in [1.165, 1.54) is 0 Å². The van der Waals surface area contributed by atoms with Crippen LogP contribution in [0, 0.1) is 20.8 Å². The maximum Gasteiger partial charge on any atom is 0.339 e. The van der Waals surface area contributed by atoms with Crippen molar-refractivity contribution in [2.24, 2.45) is 0 Å². The molecule has 1 amide bonds. The fourth-order valence-corrected chi connectivity index (χ4v) is 4.08. The summed E-state index contributed by atoms with van der Waals surface area (Å²) >= 11 is 1.66. The van der Waals surface area contributed by atoms with E-state index in [0.29, 0.717) is 35.4 Å². The highest BCUT2D eigenvalue weighted by Crippen LogP contribution is 2.33. The highest BCUT2D eigenvalue weighted by atomic mass is 32.1. The molecule has 7 nitrogen and oxygen atoms in total. The lowest BCUT2D eigenvalue weighted by Crippen LogP contribution is -2.34. The molecule has 28 heavy (non-hydrogen) atoms. The van der Waals surface area contributed by atoms with Crippen molar-refractivity contribution < 1.29 is 18.8 Å². The van der Waals surface area contributed by atoms with Gasteiger partial charge in [0.1, 0.15) is 0 Å². The number of thiophene rings is 1. The van der Waals surface area contributed by atoms with Crippen LogP contribution < -0.4 is 0 Å². The SMILES string of the molecule is CCN(CC)C(=O)COC(=O)c1cc(-c2cc(C)sc2C)nc2onc(C)c12. The fourth-order valence-electron chi connectivity index (χ4n) is 3.15. The van der Waals surface area contributed by atoms with E-state index in [1.54, 1.807) is 29.2 Å². The molecule has 0 bridgehead atoms. The second-order valence-corrected chi connectivity index (χ2v) is 7.93. The first-order valence-corrected chi connectivity index (χ1v) is 9.96. The molecule has 0 unspecified atom stereocenters. The van der Waals surface area contributed by atoms with Crippen LogP contribution in [-0.4, -0.2) is 46.6 Å². The Morgan fingerprint density at radius 2 is 1.89 bits per heavy atom. The molecule has 0 aliphatic rings. The number of hydrogen-bond donors (Lipinski definition) is 0. The molecule has 0 N–H and O–H groups in total. The van der Waals surface area contributed by atoms with E-state index in [0.717, 1.165) is 15.3 Å². The Kier molecular flexibility index (Phi) is 5.79. The minimum atomic E-state index is -0.593. The molecule has 0 aliphatic carbocycles. The van der Waals surface area contributed by atoms with Crippen molar-refractivity contribution in [1.82, 2.24) is 15.0 Å². The molecule has 148 valence electrons. The van der Waals surface area contributed by atoms with Gasteiger partial charge in [0.15, 0.2) is 6.61 Å². The Morgan fingerprint density at radius 3 is 2.50 bits per heavy atom. The Labute approximate surface area is 167 Å². The molecule has 0 atom stereocenters. The largest absolute Gasteiger partial charge is 0.452 e. The molecule has 0 saturated heterocycles. The summed E-state index contributed by atoms with van der Waals surface area (Å²) in [7, 11) is 0. The van der Waals surface area contributed by atoms with Gasteiger partial charge >= 0.3 is 5.97 Å². The van der Waals surface area contributed by atoms with E-state index in [-0.39, 0.29) is 18.2 Å². The van der Waals surface area contributed by atoms with Crippen LogP contribution >= 0.6 is 11.3 Å². The summed E-state index contributed by atoms with van der Waals surface area (Å²) in [5.41, 5.74) is 2.68. The predicted molar refractivity (Wildman–Crippen MR) is 108 cm³/mol. The molecule has 0 fully saturated rings. The van der Waals surface area contributed by atoms with Crippen molar-refractivity contribution in [2.45, 2.75) is 34.6 Å². The third-order valence-electron chi connectivity index (χ3n) is 4.60. The summed E-state index contributed by atoms with van der Waals surface area (Å²) in [6.07, 6.45) is 0. The van der Waals surface area contributed by atoms with E-state index in [4.69, 9.17) is 9.26 Å². The summed E-state index contributed by atoms with van der Waals surface area (Å²) in [5, 5.41) is 4.44. The third kappa shape index (κ3) is 3.77. The first-order chi connectivity index (χ1) is 13.3. The molecular weight excluding hydrogens is 378 g/mol. The number of aryl methyl sites for hydroxylation is 3. The minimum absolute atomic E-state index is 0.227. The zero-order chi connectivity index (χ0) is 20.4. The maximum atomic E-state index is 12.8. The van der Waals surface area contributed by atoms with Crippen LogP contribution in [0.4, 0.5) is 0 Å². The Hall–Kier alpha value is -2.74. The topological polar surface area (TPSA) is 85.5 Å². The number of carbonyl (C=O) groups excluding carboxylic acids is 2. The van der Waals surface area contributed by atoms with Crippen molar-refractivity contribution in [2.75, 3.05) is 19.7 Å². The number of fused-ring (bicyclic) bond motifs is 1. The number of pyridine rings is 1. The number of amides is 1. The zero-order valence-corrected chi connectivity index (χ0v) is 17.5. The molecule has 0 aromatic carbocycles. The zero-order valence-electron chi connectivity index (χ0n) is 16.7. The maximum absolute atomic E-state index is 12.8. The molecule has 3 rings (SSSR count). The quantitative estimate of drug-likeness (QED) is 0.582. The van der Waals surface area contributed by atoms with Gasteiger partial charge in [-0.15, -0.1) is 11.3 Å². The lowest BCUT2D eigenvalue weighted by atomic mass is 10.1. The Bertz CT molecular complexity index is 1030. The van der Waals surface area contributed by atoms with Crippen LogP contribution in [0.15, 0.2) is 16.7 Å². The average molecular weight is 401 g/mol. The van der Waals surface area contributed by atoms with Crippen LogP contribution in [0.2, 0.25) is 0 Å². The Balaban J connectivity index is 1.97. The van der Waals surface area contributed by atoms with Gasteiger partial charge in [-0.2, -0.15) is 0 Å². The first-order valence-electron chi connectivity index (χ1n) is 9.15. The highest BCUT2D eigenvalue weighted by molar-refractivity contribution is 7.12. The number of rotatable bonds is 6. The number of nitrogens with zero attached hydrogens (tertiary/aromatic N) is 3. The number of ether oxygens (including phenoxy) is 1.